The quantitative estimate of drug-likeness (QED) is 0.616. The van der Waals surface area contributed by atoms with E-state index in [0.717, 1.165) is 12.8 Å². The van der Waals surface area contributed by atoms with Gasteiger partial charge in [0.2, 0.25) is 0 Å². The highest BCUT2D eigenvalue weighted by Crippen LogP contribution is 2.03. The van der Waals surface area contributed by atoms with Crippen molar-refractivity contribution in [2.75, 3.05) is 13.1 Å². The van der Waals surface area contributed by atoms with Gasteiger partial charge in [-0.1, -0.05) is 44.1 Å². The minimum absolute atomic E-state index is 0.455. The van der Waals surface area contributed by atoms with Crippen LogP contribution < -0.4 is 11.5 Å². The van der Waals surface area contributed by atoms with Crippen LogP contribution in [0.15, 0.2) is 23.8 Å². The molecule has 0 rings (SSSR count). The van der Waals surface area contributed by atoms with Crippen LogP contribution in [0.1, 0.15) is 26.7 Å². The van der Waals surface area contributed by atoms with E-state index >= 15 is 0 Å². The largest absolute Gasteiger partial charge is 0.330 e. The Morgan fingerprint density at radius 2 is 2.08 bits per heavy atom. The molecule has 0 saturated carbocycles. The molecule has 0 aliphatic rings. The summed E-state index contributed by atoms with van der Waals surface area (Å²) in [6.45, 7) is 5.63. The molecule has 0 saturated heterocycles. The first-order valence-corrected chi connectivity index (χ1v) is 5.00. The lowest BCUT2D eigenvalue weighted by molar-refractivity contribution is 0.740. The van der Waals surface area contributed by atoms with E-state index in [9.17, 15) is 0 Å². The predicted molar refractivity (Wildman–Crippen MR) is 59.4 cm³/mol. The van der Waals surface area contributed by atoms with Gasteiger partial charge < -0.3 is 11.5 Å². The summed E-state index contributed by atoms with van der Waals surface area (Å²) in [6.07, 6.45) is 8.54. The van der Waals surface area contributed by atoms with Crippen molar-refractivity contribution in [3.05, 3.63) is 23.8 Å². The zero-order valence-electron chi connectivity index (χ0n) is 8.79. The third-order valence-electron chi connectivity index (χ3n) is 1.98. The van der Waals surface area contributed by atoms with Crippen molar-refractivity contribution in [1.82, 2.24) is 0 Å². The summed E-state index contributed by atoms with van der Waals surface area (Å²) >= 11 is 0. The first kappa shape index (κ1) is 12.4. The molecular weight excluding hydrogens is 160 g/mol. The van der Waals surface area contributed by atoms with Crippen molar-refractivity contribution in [3.8, 4) is 0 Å². The van der Waals surface area contributed by atoms with Crippen LogP contribution in [0.4, 0.5) is 0 Å². The molecule has 0 aromatic heterocycles. The van der Waals surface area contributed by atoms with Gasteiger partial charge in [-0.15, -0.1) is 0 Å². The van der Waals surface area contributed by atoms with Gasteiger partial charge in [0, 0.05) is 6.54 Å². The summed E-state index contributed by atoms with van der Waals surface area (Å²) in [7, 11) is 0. The average Bonchev–Trinajstić information content (AvgIpc) is 2.16. The third-order valence-corrected chi connectivity index (χ3v) is 1.98. The van der Waals surface area contributed by atoms with Gasteiger partial charge in [-0.05, 0) is 18.9 Å². The molecule has 0 bridgehead atoms. The Kier molecular flexibility index (Phi) is 7.65. The molecule has 76 valence electrons. The van der Waals surface area contributed by atoms with E-state index in [2.05, 4.69) is 32.1 Å². The molecule has 2 nitrogen and oxygen atoms in total. The molecule has 0 aromatic carbocycles. The summed E-state index contributed by atoms with van der Waals surface area (Å²) in [5.41, 5.74) is 12.4. The Morgan fingerprint density at radius 1 is 1.38 bits per heavy atom. The average molecular weight is 182 g/mol. The van der Waals surface area contributed by atoms with Gasteiger partial charge in [0.05, 0.1) is 0 Å². The van der Waals surface area contributed by atoms with E-state index in [0.29, 0.717) is 19.0 Å². The maximum absolute atomic E-state index is 5.58. The molecule has 0 radical (unpaired) electrons. The summed E-state index contributed by atoms with van der Waals surface area (Å²) < 4.78 is 0. The van der Waals surface area contributed by atoms with Crippen LogP contribution in [0, 0.1) is 5.92 Å². The van der Waals surface area contributed by atoms with Crippen molar-refractivity contribution < 1.29 is 0 Å². The molecular formula is C11H22N2. The highest BCUT2D eigenvalue weighted by Gasteiger charge is 1.91. The lowest BCUT2D eigenvalue weighted by Crippen LogP contribution is -2.07. The second kappa shape index (κ2) is 8.02. The standard InChI is InChI=1S/C11H22N2/c1-3-5-11(9-13)7-4-6-10(2)8-12/h4,6-7,10H,3,5,8-9,12-13H2,1-2H3/b6-4-,11-7+. The van der Waals surface area contributed by atoms with E-state index in [1.807, 2.05) is 0 Å². The number of allylic oxidation sites excluding steroid dienone is 2. The molecule has 0 spiro atoms. The molecule has 0 fully saturated rings. The zero-order chi connectivity index (χ0) is 10.1. The molecule has 2 heteroatoms. The lowest BCUT2D eigenvalue weighted by atomic mass is 10.1. The van der Waals surface area contributed by atoms with Gasteiger partial charge in [-0.2, -0.15) is 0 Å². The first-order chi connectivity index (χ1) is 6.24. The summed E-state index contributed by atoms with van der Waals surface area (Å²) in [6, 6.07) is 0. The molecule has 0 amide bonds. The molecule has 0 aliphatic heterocycles. The number of hydrogen-bond acceptors (Lipinski definition) is 2. The van der Waals surface area contributed by atoms with Crippen LogP contribution in [0.3, 0.4) is 0 Å². The van der Waals surface area contributed by atoms with Crippen LogP contribution in [-0.2, 0) is 0 Å². The van der Waals surface area contributed by atoms with E-state index < -0.39 is 0 Å². The summed E-state index contributed by atoms with van der Waals surface area (Å²) in [5, 5.41) is 0. The van der Waals surface area contributed by atoms with Gasteiger partial charge in [0.15, 0.2) is 0 Å². The number of hydrogen-bond donors (Lipinski definition) is 2. The molecule has 1 atom stereocenters. The van der Waals surface area contributed by atoms with Crippen LogP contribution in [0.5, 0.6) is 0 Å². The van der Waals surface area contributed by atoms with Gasteiger partial charge >= 0.3 is 0 Å². The normalized spacial score (nSPS) is 15.2. The minimum atomic E-state index is 0.455. The van der Waals surface area contributed by atoms with Crippen LogP contribution >= 0.6 is 0 Å². The van der Waals surface area contributed by atoms with Crippen molar-refractivity contribution in [1.29, 1.82) is 0 Å². The Labute approximate surface area is 81.7 Å². The molecule has 13 heavy (non-hydrogen) atoms. The Hall–Kier alpha value is -0.600. The molecule has 0 aromatic rings. The van der Waals surface area contributed by atoms with Gasteiger partial charge in [0.25, 0.3) is 0 Å². The summed E-state index contributed by atoms with van der Waals surface area (Å²) in [5.74, 6) is 0.455. The maximum Gasteiger partial charge on any atom is 0.0139 e. The fourth-order valence-electron chi connectivity index (χ4n) is 1.03. The van der Waals surface area contributed by atoms with Crippen LogP contribution in [0.2, 0.25) is 0 Å². The Balaban J connectivity index is 3.96. The Morgan fingerprint density at radius 3 is 2.54 bits per heavy atom. The second-order valence-electron chi connectivity index (χ2n) is 3.38. The van der Waals surface area contributed by atoms with E-state index in [1.54, 1.807) is 0 Å². The number of rotatable bonds is 6. The van der Waals surface area contributed by atoms with Gasteiger partial charge in [0.1, 0.15) is 0 Å². The van der Waals surface area contributed by atoms with E-state index in [4.69, 9.17) is 11.5 Å². The third kappa shape index (κ3) is 6.55. The number of nitrogens with two attached hydrogens (primary N) is 2. The maximum atomic E-state index is 5.58. The smallest absolute Gasteiger partial charge is 0.0139 e. The molecule has 1 unspecified atom stereocenters. The first-order valence-electron chi connectivity index (χ1n) is 5.00. The fourth-order valence-corrected chi connectivity index (χ4v) is 1.03. The molecule has 0 heterocycles. The minimum Gasteiger partial charge on any atom is -0.330 e. The van der Waals surface area contributed by atoms with Crippen molar-refractivity contribution in [3.63, 3.8) is 0 Å². The monoisotopic (exact) mass is 182 g/mol. The second-order valence-corrected chi connectivity index (χ2v) is 3.38. The topological polar surface area (TPSA) is 52.0 Å². The predicted octanol–water partition coefficient (Wildman–Crippen LogP) is 1.82. The highest BCUT2D eigenvalue weighted by molar-refractivity contribution is 5.14. The van der Waals surface area contributed by atoms with Crippen LogP contribution in [0.25, 0.3) is 0 Å². The SMILES string of the molecule is CCC/C(=C\C=C/C(C)CN)CN. The Bertz CT molecular complexity index is 171. The lowest BCUT2D eigenvalue weighted by Gasteiger charge is -2.01. The zero-order valence-corrected chi connectivity index (χ0v) is 8.79. The van der Waals surface area contributed by atoms with Crippen LogP contribution in [-0.4, -0.2) is 13.1 Å². The van der Waals surface area contributed by atoms with E-state index in [1.165, 1.54) is 5.57 Å². The highest BCUT2D eigenvalue weighted by atomic mass is 14.5. The fraction of sp³-hybridized carbons (Fsp3) is 0.636. The van der Waals surface area contributed by atoms with Gasteiger partial charge in [-0.3, -0.25) is 0 Å². The summed E-state index contributed by atoms with van der Waals surface area (Å²) in [4.78, 5) is 0. The molecule has 4 N–H and O–H groups in total. The van der Waals surface area contributed by atoms with E-state index in [-0.39, 0.29) is 0 Å². The van der Waals surface area contributed by atoms with Crippen molar-refractivity contribution in [2.45, 2.75) is 26.7 Å². The van der Waals surface area contributed by atoms with Crippen molar-refractivity contribution >= 4 is 0 Å². The van der Waals surface area contributed by atoms with Gasteiger partial charge in [-0.25, -0.2) is 0 Å². The van der Waals surface area contributed by atoms with Crippen molar-refractivity contribution in [2.24, 2.45) is 17.4 Å². The molecule has 0 aliphatic carbocycles.